The number of hydrogen-bond donors (Lipinski definition) is 1. The predicted molar refractivity (Wildman–Crippen MR) is 117 cm³/mol. The number of carbonyl (C=O) groups excluding carboxylic acids is 2. The summed E-state index contributed by atoms with van der Waals surface area (Å²) in [6.45, 7) is 3.08. The third-order valence-electron chi connectivity index (χ3n) is 5.99. The van der Waals surface area contributed by atoms with Crippen LogP contribution in [0.15, 0.2) is 42.5 Å². The van der Waals surface area contributed by atoms with Crippen molar-refractivity contribution >= 4 is 28.9 Å². The number of nitrogens with zero attached hydrogens (tertiary/aromatic N) is 4. The van der Waals surface area contributed by atoms with Crippen molar-refractivity contribution in [2.45, 2.75) is 12.8 Å². The Bertz CT molecular complexity index is 1020. The van der Waals surface area contributed by atoms with Gasteiger partial charge >= 0.3 is 0 Å². The Morgan fingerprint density at radius 2 is 1.68 bits per heavy atom. The summed E-state index contributed by atoms with van der Waals surface area (Å²) in [5, 5.41) is 11.3. The fourth-order valence-electron chi connectivity index (χ4n) is 4.44. The summed E-state index contributed by atoms with van der Waals surface area (Å²) in [6.07, 6.45) is 1.63. The number of piperazine rings is 1. The van der Waals surface area contributed by atoms with E-state index in [1.54, 1.807) is 35.2 Å². The van der Waals surface area contributed by atoms with Crippen LogP contribution in [0.25, 0.3) is 0 Å². The van der Waals surface area contributed by atoms with Crippen LogP contribution in [0.4, 0.5) is 17.1 Å². The topological polar surface area (TPSA) is 113 Å². The molecule has 0 radical (unpaired) electrons. The van der Waals surface area contributed by atoms with Crippen LogP contribution in [-0.4, -0.2) is 60.9 Å². The van der Waals surface area contributed by atoms with E-state index < -0.39 is 5.91 Å². The first kappa shape index (κ1) is 20.6. The first-order chi connectivity index (χ1) is 15.0. The van der Waals surface area contributed by atoms with Crippen LogP contribution < -0.4 is 15.5 Å². The zero-order valence-corrected chi connectivity index (χ0v) is 17.2. The summed E-state index contributed by atoms with van der Waals surface area (Å²) >= 11 is 0. The molecule has 2 aromatic rings. The number of rotatable bonds is 5. The molecule has 9 heteroatoms. The lowest BCUT2D eigenvalue weighted by molar-refractivity contribution is -0.384. The molecule has 2 aliphatic heterocycles. The standard InChI is InChI=1S/C22H25N5O4/c23-22(29)17-5-3-9-18-16(17)6-4-10-26(18)15-21(28)25-13-11-24(12-14-25)19-7-1-2-8-20(19)27(30)31/h1-3,5,7-9H,4,6,10-15H2,(H2,23,29). The lowest BCUT2D eigenvalue weighted by Crippen LogP contribution is -2.52. The molecule has 0 bridgehead atoms. The van der Waals surface area contributed by atoms with Crippen molar-refractivity contribution in [3.05, 3.63) is 63.7 Å². The second kappa shape index (κ2) is 8.63. The number of nitro groups is 1. The minimum absolute atomic E-state index is 0.0135. The third-order valence-corrected chi connectivity index (χ3v) is 5.99. The molecule has 2 heterocycles. The van der Waals surface area contributed by atoms with E-state index in [9.17, 15) is 19.7 Å². The molecule has 31 heavy (non-hydrogen) atoms. The van der Waals surface area contributed by atoms with Crippen LogP contribution in [0.1, 0.15) is 22.3 Å². The van der Waals surface area contributed by atoms with Gasteiger partial charge in [0, 0.05) is 50.0 Å². The van der Waals surface area contributed by atoms with E-state index in [0.717, 1.165) is 30.6 Å². The van der Waals surface area contributed by atoms with Gasteiger partial charge in [-0.2, -0.15) is 0 Å². The van der Waals surface area contributed by atoms with Crippen molar-refractivity contribution < 1.29 is 14.5 Å². The fourth-order valence-corrected chi connectivity index (χ4v) is 4.44. The second-order valence-corrected chi connectivity index (χ2v) is 7.81. The van der Waals surface area contributed by atoms with Crippen molar-refractivity contribution in [1.29, 1.82) is 0 Å². The smallest absolute Gasteiger partial charge is 0.292 e. The van der Waals surface area contributed by atoms with E-state index in [1.807, 2.05) is 15.9 Å². The Labute approximate surface area is 180 Å². The second-order valence-electron chi connectivity index (χ2n) is 7.81. The predicted octanol–water partition coefficient (Wildman–Crippen LogP) is 1.80. The van der Waals surface area contributed by atoms with Gasteiger partial charge in [-0.25, -0.2) is 0 Å². The number of nitrogens with two attached hydrogens (primary N) is 1. The number of primary amides is 1. The lowest BCUT2D eigenvalue weighted by atomic mass is 9.96. The van der Waals surface area contributed by atoms with Crippen molar-refractivity contribution in [1.82, 2.24) is 4.90 Å². The number of benzene rings is 2. The van der Waals surface area contributed by atoms with Crippen molar-refractivity contribution in [3.63, 3.8) is 0 Å². The highest BCUT2D eigenvalue weighted by atomic mass is 16.6. The highest BCUT2D eigenvalue weighted by Crippen LogP contribution is 2.30. The number of nitro benzene ring substituents is 1. The average molecular weight is 423 g/mol. The molecule has 1 saturated heterocycles. The first-order valence-electron chi connectivity index (χ1n) is 10.4. The van der Waals surface area contributed by atoms with Crippen LogP contribution in [0.3, 0.4) is 0 Å². The van der Waals surface area contributed by atoms with Crippen LogP contribution >= 0.6 is 0 Å². The minimum atomic E-state index is -0.448. The van der Waals surface area contributed by atoms with E-state index in [2.05, 4.69) is 0 Å². The Morgan fingerprint density at radius 3 is 2.39 bits per heavy atom. The molecule has 0 atom stereocenters. The largest absolute Gasteiger partial charge is 0.366 e. The van der Waals surface area contributed by atoms with Crippen LogP contribution in [0.2, 0.25) is 0 Å². The van der Waals surface area contributed by atoms with Crippen molar-refractivity contribution in [2.75, 3.05) is 49.1 Å². The highest BCUT2D eigenvalue weighted by Gasteiger charge is 2.28. The van der Waals surface area contributed by atoms with Gasteiger partial charge in [0.15, 0.2) is 0 Å². The molecule has 2 amide bonds. The van der Waals surface area contributed by atoms with Gasteiger partial charge in [-0.1, -0.05) is 18.2 Å². The van der Waals surface area contributed by atoms with Gasteiger partial charge in [-0.3, -0.25) is 19.7 Å². The summed E-state index contributed by atoms with van der Waals surface area (Å²) in [7, 11) is 0. The van der Waals surface area contributed by atoms with Crippen LogP contribution in [0.5, 0.6) is 0 Å². The zero-order valence-electron chi connectivity index (χ0n) is 17.2. The molecule has 0 aromatic heterocycles. The Kier molecular flexibility index (Phi) is 5.75. The SMILES string of the molecule is NC(=O)c1cccc2c1CCCN2CC(=O)N1CCN(c2ccccc2[N+](=O)[O-])CC1. The van der Waals surface area contributed by atoms with Gasteiger partial charge in [-0.15, -0.1) is 0 Å². The fraction of sp³-hybridized carbons (Fsp3) is 0.364. The maximum Gasteiger partial charge on any atom is 0.292 e. The maximum absolute atomic E-state index is 13.0. The summed E-state index contributed by atoms with van der Waals surface area (Å²) in [4.78, 5) is 41.4. The molecule has 162 valence electrons. The number of fused-ring (bicyclic) bond motifs is 1. The van der Waals surface area contributed by atoms with Crippen LogP contribution in [0, 0.1) is 10.1 Å². The maximum atomic E-state index is 13.0. The number of amides is 2. The van der Waals surface area contributed by atoms with Gasteiger partial charge in [-0.05, 0) is 36.6 Å². The van der Waals surface area contributed by atoms with E-state index >= 15 is 0 Å². The number of carbonyl (C=O) groups is 2. The summed E-state index contributed by atoms with van der Waals surface area (Å²) < 4.78 is 0. The molecule has 2 aliphatic rings. The Morgan fingerprint density at radius 1 is 0.968 bits per heavy atom. The quantitative estimate of drug-likeness (QED) is 0.580. The van der Waals surface area contributed by atoms with E-state index in [-0.39, 0.29) is 23.1 Å². The molecule has 9 nitrogen and oxygen atoms in total. The van der Waals surface area contributed by atoms with Crippen molar-refractivity contribution in [2.24, 2.45) is 5.73 Å². The highest BCUT2D eigenvalue weighted by molar-refractivity contribution is 5.96. The third kappa shape index (κ3) is 4.16. The van der Waals surface area contributed by atoms with Gasteiger partial charge < -0.3 is 20.4 Å². The Balaban J connectivity index is 1.42. The summed E-state index contributed by atoms with van der Waals surface area (Å²) in [5.41, 5.74) is 8.51. The zero-order chi connectivity index (χ0) is 22.0. The van der Waals surface area contributed by atoms with E-state index in [0.29, 0.717) is 37.4 Å². The van der Waals surface area contributed by atoms with Gasteiger partial charge in [0.2, 0.25) is 11.8 Å². The average Bonchev–Trinajstić information content (AvgIpc) is 2.79. The van der Waals surface area contributed by atoms with Gasteiger partial charge in [0.05, 0.1) is 11.5 Å². The van der Waals surface area contributed by atoms with Crippen LogP contribution in [-0.2, 0) is 11.2 Å². The van der Waals surface area contributed by atoms with Crippen molar-refractivity contribution in [3.8, 4) is 0 Å². The molecule has 2 aromatic carbocycles. The summed E-state index contributed by atoms with van der Waals surface area (Å²) in [5.74, 6) is -0.435. The molecular formula is C22H25N5O4. The molecule has 0 spiro atoms. The number of anilines is 2. The normalized spacial score (nSPS) is 16.1. The molecule has 0 aliphatic carbocycles. The molecule has 0 unspecified atom stereocenters. The summed E-state index contributed by atoms with van der Waals surface area (Å²) in [6, 6.07) is 12.1. The molecule has 0 saturated carbocycles. The van der Waals surface area contributed by atoms with Gasteiger partial charge in [0.1, 0.15) is 5.69 Å². The number of para-hydroxylation sites is 2. The molecule has 2 N–H and O–H groups in total. The number of hydrogen-bond acceptors (Lipinski definition) is 6. The monoisotopic (exact) mass is 423 g/mol. The van der Waals surface area contributed by atoms with E-state index in [1.165, 1.54) is 6.07 Å². The minimum Gasteiger partial charge on any atom is -0.366 e. The lowest BCUT2D eigenvalue weighted by Gasteiger charge is -2.38. The van der Waals surface area contributed by atoms with Gasteiger partial charge in [0.25, 0.3) is 5.69 Å². The Hall–Kier alpha value is -3.62. The first-order valence-corrected chi connectivity index (χ1v) is 10.4. The molecule has 1 fully saturated rings. The molecular weight excluding hydrogens is 398 g/mol. The molecule has 4 rings (SSSR count). The van der Waals surface area contributed by atoms with E-state index in [4.69, 9.17) is 5.73 Å².